The summed E-state index contributed by atoms with van der Waals surface area (Å²) in [5.41, 5.74) is 0. The fraction of sp³-hybridized carbons (Fsp3) is 0.600. The van der Waals surface area contributed by atoms with Crippen molar-refractivity contribution in [3.05, 3.63) is 10.0 Å². The molecule has 0 aromatic carbocycles. The van der Waals surface area contributed by atoms with Crippen LogP contribution in [0.4, 0.5) is 5.13 Å². The summed E-state index contributed by atoms with van der Waals surface area (Å²) in [5.74, 6) is 0.396. The molecule has 3 nitrogen and oxygen atoms in total. The average Bonchev–Trinajstić information content (AvgIpc) is 3.03. The van der Waals surface area contributed by atoms with Crippen molar-refractivity contribution in [3.8, 4) is 6.07 Å². The van der Waals surface area contributed by atoms with Gasteiger partial charge in [0.1, 0.15) is 5.15 Å². The van der Waals surface area contributed by atoms with Gasteiger partial charge in [0.05, 0.1) is 23.2 Å². The van der Waals surface area contributed by atoms with E-state index in [1.165, 1.54) is 24.2 Å². The molecule has 0 saturated heterocycles. The van der Waals surface area contributed by atoms with Gasteiger partial charge >= 0.3 is 0 Å². The van der Waals surface area contributed by atoms with Gasteiger partial charge in [-0.25, -0.2) is 4.98 Å². The third-order valence-corrected chi connectivity index (χ3v) is 4.40. The summed E-state index contributed by atoms with van der Waals surface area (Å²) in [5, 5.41) is 10.0. The SMILES string of the molecule is N#CCCN(c1nc(Cl)c(CCl)s1)C1CC1. The third kappa shape index (κ3) is 2.60. The lowest BCUT2D eigenvalue weighted by Gasteiger charge is -2.19. The van der Waals surface area contributed by atoms with Crippen LogP contribution in [0.15, 0.2) is 0 Å². The van der Waals surface area contributed by atoms with E-state index in [9.17, 15) is 0 Å². The second-order valence-corrected chi connectivity index (χ2v) is 5.36. The number of alkyl halides is 1. The minimum absolute atomic E-state index is 0.396. The van der Waals surface area contributed by atoms with E-state index in [2.05, 4.69) is 16.0 Å². The Morgan fingerprint density at radius 1 is 1.56 bits per heavy atom. The van der Waals surface area contributed by atoms with E-state index in [0.717, 1.165) is 16.6 Å². The fourth-order valence-electron chi connectivity index (χ4n) is 1.52. The molecule has 0 amide bonds. The van der Waals surface area contributed by atoms with Crippen molar-refractivity contribution in [1.29, 1.82) is 5.26 Å². The normalized spacial score (nSPS) is 14.8. The first-order valence-corrected chi connectivity index (χ1v) is 6.84. The summed E-state index contributed by atoms with van der Waals surface area (Å²) in [6, 6.07) is 2.70. The molecule has 1 aromatic heterocycles. The maximum absolute atomic E-state index is 8.63. The van der Waals surface area contributed by atoms with Crippen molar-refractivity contribution in [2.75, 3.05) is 11.4 Å². The molecule has 1 fully saturated rings. The molecule has 1 heterocycles. The molecule has 0 bridgehead atoms. The Hall–Kier alpha value is -0.500. The first-order chi connectivity index (χ1) is 7.76. The Balaban J connectivity index is 2.14. The first kappa shape index (κ1) is 12.0. The standard InChI is InChI=1S/C10H11Cl2N3S/c11-6-8-9(12)14-10(16-8)15(5-1-4-13)7-2-3-7/h7H,1-3,5-6H2. The zero-order chi connectivity index (χ0) is 11.5. The van der Waals surface area contributed by atoms with Gasteiger partial charge in [-0.2, -0.15) is 5.26 Å². The molecule has 0 spiro atoms. The molecule has 0 unspecified atom stereocenters. The number of nitriles is 1. The van der Waals surface area contributed by atoms with Crippen molar-refractivity contribution in [2.24, 2.45) is 0 Å². The molecular formula is C10H11Cl2N3S. The molecule has 1 saturated carbocycles. The molecule has 0 radical (unpaired) electrons. The van der Waals surface area contributed by atoms with E-state index >= 15 is 0 Å². The van der Waals surface area contributed by atoms with E-state index in [1.807, 2.05) is 0 Å². The molecule has 0 aliphatic heterocycles. The number of nitrogens with zero attached hydrogens (tertiary/aromatic N) is 3. The van der Waals surface area contributed by atoms with Crippen LogP contribution in [0.3, 0.4) is 0 Å². The Morgan fingerprint density at radius 3 is 2.81 bits per heavy atom. The lowest BCUT2D eigenvalue weighted by molar-refractivity contribution is 0.789. The fourth-order valence-corrected chi connectivity index (χ4v) is 3.09. The van der Waals surface area contributed by atoms with Crippen LogP contribution >= 0.6 is 34.5 Å². The molecular weight excluding hydrogens is 265 g/mol. The van der Waals surface area contributed by atoms with Crippen LogP contribution in [-0.2, 0) is 5.88 Å². The number of halogens is 2. The largest absolute Gasteiger partial charge is 0.344 e. The van der Waals surface area contributed by atoms with Gasteiger partial charge in [-0.1, -0.05) is 22.9 Å². The summed E-state index contributed by atoms with van der Waals surface area (Å²) >= 11 is 13.3. The van der Waals surface area contributed by atoms with Crippen LogP contribution in [0.25, 0.3) is 0 Å². The lowest BCUT2D eigenvalue weighted by atomic mass is 10.4. The van der Waals surface area contributed by atoms with Crippen LogP contribution < -0.4 is 4.90 Å². The Kier molecular flexibility index (Phi) is 3.91. The second-order valence-electron chi connectivity index (χ2n) is 3.68. The summed E-state index contributed by atoms with van der Waals surface area (Å²) in [7, 11) is 0. The zero-order valence-corrected chi connectivity index (χ0v) is 10.9. The predicted molar refractivity (Wildman–Crippen MR) is 67.3 cm³/mol. The average molecular weight is 276 g/mol. The highest BCUT2D eigenvalue weighted by Crippen LogP contribution is 2.37. The van der Waals surface area contributed by atoms with E-state index in [1.54, 1.807) is 0 Å². The molecule has 2 rings (SSSR count). The minimum atomic E-state index is 0.396. The van der Waals surface area contributed by atoms with Crippen LogP contribution in [0, 0.1) is 11.3 Å². The molecule has 1 aromatic rings. The van der Waals surface area contributed by atoms with Gasteiger partial charge in [0, 0.05) is 12.6 Å². The van der Waals surface area contributed by atoms with Crippen molar-refractivity contribution < 1.29 is 0 Å². The van der Waals surface area contributed by atoms with Gasteiger partial charge in [-0.15, -0.1) is 11.6 Å². The van der Waals surface area contributed by atoms with Crippen LogP contribution in [0.1, 0.15) is 24.1 Å². The zero-order valence-electron chi connectivity index (χ0n) is 8.62. The van der Waals surface area contributed by atoms with E-state index in [4.69, 9.17) is 28.5 Å². The van der Waals surface area contributed by atoms with E-state index in [-0.39, 0.29) is 0 Å². The molecule has 1 aliphatic carbocycles. The monoisotopic (exact) mass is 275 g/mol. The van der Waals surface area contributed by atoms with Gasteiger partial charge < -0.3 is 4.90 Å². The number of rotatable bonds is 5. The Morgan fingerprint density at radius 2 is 2.31 bits per heavy atom. The second kappa shape index (κ2) is 5.22. The molecule has 6 heteroatoms. The summed E-state index contributed by atoms with van der Waals surface area (Å²) in [6.45, 7) is 0.729. The number of hydrogen-bond donors (Lipinski definition) is 0. The van der Waals surface area contributed by atoms with Crippen molar-refractivity contribution in [1.82, 2.24) is 4.98 Å². The first-order valence-electron chi connectivity index (χ1n) is 5.11. The van der Waals surface area contributed by atoms with Crippen LogP contribution in [0.5, 0.6) is 0 Å². The Labute approximate surface area is 109 Å². The maximum atomic E-state index is 8.63. The van der Waals surface area contributed by atoms with Crippen molar-refractivity contribution in [2.45, 2.75) is 31.2 Å². The number of hydrogen-bond acceptors (Lipinski definition) is 4. The predicted octanol–water partition coefficient (Wildman–Crippen LogP) is 3.42. The summed E-state index contributed by atoms with van der Waals surface area (Å²) in [6.07, 6.45) is 2.88. The smallest absolute Gasteiger partial charge is 0.187 e. The molecule has 86 valence electrons. The third-order valence-electron chi connectivity index (χ3n) is 2.46. The summed E-state index contributed by atoms with van der Waals surface area (Å²) < 4.78 is 0. The van der Waals surface area contributed by atoms with Crippen LogP contribution in [0.2, 0.25) is 5.15 Å². The highest BCUT2D eigenvalue weighted by molar-refractivity contribution is 7.16. The van der Waals surface area contributed by atoms with Crippen molar-refractivity contribution in [3.63, 3.8) is 0 Å². The van der Waals surface area contributed by atoms with E-state index < -0.39 is 0 Å². The van der Waals surface area contributed by atoms with Crippen molar-refractivity contribution >= 4 is 39.7 Å². The van der Waals surface area contributed by atoms with Gasteiger partial charge in [-0.3, -0.25) is 0 Å². The maximum Gasteiger partial charge on any atom is 0.187 e. The summed E-state index contributed by atoms with van der Waals surface area (Å²) in [4.78, 5) is 7.39. The lowest BCUT2D eigenvalue weighted by Crippen LogP contribution is -2.26. The van der Waals surface area contributed by atoms with Gasteiger partial charge in [0.2, 0.25) is 0 Å². The van der Waals surface area contributed by atoms with E-state index in [0.29, 0.717) is 23.5 Å². The molecule has 16 heavy (non-hydrogen) atoms. The Bertz CT molecular complexity index is 409. The topological polar surface area (TPSA) is 39.9 Å². The molecule has 0 N–H and O–H groups in total. The highest BCUT2D eigenvalue weighted by atomic mass is 35.5. The van der Waals surface area contributed by atoms with Crippen LogP contribution in [-0.4, -0.2) is 17.6 Å². The quantitative estimate of drug-likeness (QED) is 0.774. The van der Waals surface area contributed by atoms with Gasteiger partial charge in [0.25, 0.3) is 0 Å². The van der Waals surface area contributed by atoms with Gasteiger partial charge in [0.15, 0.2) is 5.13 Å². The number of anilines is 1. The number of thiazole rings is 1. The molecule has 1 aliphatic rings. The number of aromatic nitrogens is 1. The minimum Gasteiger partial charge on any atom is -0.344 e. The van der Waals surface area contributed by atoms with Gasteiger partial charge in [-0.05, 0) is 12.8 Å². The molecule has 0 atom stereocenters. The highest BCUT2D eigenvalue weighted by Gasteiger charge is 2.31.